The monoisotopic (exact) mass is 278 g/mol. The molecule has 0 aromatic carbocycles. The molecule has 0 aliphatic carbocycles. The van der Waals surface area contributed by atoms with E-state index in [9.17, 15) is 13.2 Å². The van der Waals surface area contributed by atoms with Crippen LogP contribution in [0.3, 0.4) is 0 Å². The lowest BCUT2D eigenvalue weighted by atomic mass is 10.2. The smallest absolute Gasteiger partial charge is 0.238 e. The summed E-state index contributed by atoms with van der Waals surface area (Å²) in [5, 5.41) is 1.14. The molecular weight excluding hydrogens is 252 g/mol. The van der Waals surface area contributed by atoms with Crippen LogP contribution < -0.4 is 11.1 Å². The van der Waals surface area contributed by atoms with Gasteiger partial charge in [-0.25, -0.2) is 8.42 Å². The molecule has 108 valence electrons. The lowest BCUT2D eigenvalue weighted by molar-refractivity contribution is -0.121. The van der Waals surface area contributed by atoms with Gasteiger partial charge in [0.15, 0.2) is 9.84 Å². The van der Waals surface area contributed by atoms with E-state index in [1.165, 1.54) is 6.92 Å². The predicted molar refractivity (Wildman–Crippen MR) is 74.0 cm³/mol. The summed E-state index contributed by atoms with van der Waals surface area (Å²) >= 11 is 0. The van der Waals surface area contributed by atoms with Gasteiger partial charge in [0.1, 0.15) is 5.25 Å². The molecule has 3 atom stereocenters. The molecule has 3 N–H and O–H groups in total. The zero-order valence-corrected chi connectivity index (χ0v) is 12.6. The minimum atomic E-state index is -3.45. The zero-order chi connectivity index (χ0) is 14.3. The second-order valence-electron chi connectivity index (χ2n) is 4.82. The molecule has 3 unspecified atom stereocenters. The van der Waals surface area contributed by atoms with E-state index in [1.54, 1.807) is 6.92 Å². The van der Waals surface area contributed by atoms with Crippen LogP contribution in [0.5, 0.6) is 0 Å². The van der Waals surface area contributed by atoms with E-state index in [4.69, 9.17) is 5.73 Å². The average molecular weight is 278 g/mol. The second kappa shape index (κ2) is 7.74. The molecule has 18 heavy (non-hydrogen) atoms. The standard InChI is InChI=1S/C12H26N2O3S/c1-5-6-9(2)14-12(15)11(4)18(16,17)10(3)7-8-13/h9-11H,5-8,13H2,1-4H3,(H,14,15). The largest absolute Gasteiger partial charge is 0.353 e. The van der Waals surface area contributed by atoms with Gasteiger partial charge in [-0.15, -0.1) is 0 Å². The molecule has 5 nitrogen and oxygen atoms in total. The summed E-state index contributed by atoms with van der Waals surface area (Å²) in [6.07, 6.45) is 2.17. The molecule has 0 rings (SSSR count). The van der Waals surface area contributed by atoms with Crippen LogP contribution in [0, 0.1) is 0 Å². The minimum Gasteiger partial charge on any atom is -0.353 e. The molecule has 0 aliphatic heterocycles. The van der Waals surface area contributed by atoms with Gasteiger partial charge in [0, 0.05) is 6.04 Å². The average Bonchev–Trinajstić information content (AvgIpc) is 2.28. The first-order valence-corrected chi connectivity index (χ1v) is 8.11. The van der Waals surface area contributed by atoms with Crippen molar-refractivity contribution < 1.29 is 13.2 Å². The summed E-state index contributed by atoms with van der Waals surface area (Å²) in [6.45, 7) is 7.25. The zero-order valence-electron chi connectivity index (χ0n) is 11.8. The molecule has 6 heteroatoms. The quantitative estimate of drug-likeness (QED) is 0.688. The van der Waals surface area contributed by atoms with Gasteiger partial charge >= 0.3 is 0 Å². The van der Waals surface area contributed by atoms with Crippen LogP contribution in [-0.4, -0.2) is 37.4 Å². The van der Waals surface area contributed by atoms with Gasteiger partial charge in [0.05, 0.1) is 5.25 Å². The Morgan fingerprint density at radius 3 is 2.22 bits per heavy atom. The highest BCUT2D eigenvalue weighted by atomic mass is 32.2. The Kier molecular flexibility index (Phi) is 7.47. The lowest BCUT2D eigenvalue weighted by Gasteiger charge is -2.20. The number of sulfone groups is 1. The molecule has 0 saturated heterocycles. The minimum absolute atomic E-state index is 0.00460. The highest BCUT2D eigenvalue weighted by Crippen LogP contribution is 2.13. The highest BCUT2D eigenvalue weighted by Gasteiger charge is 2.32. The molecule has 1 amide bonds. The van der Waals surface area contributed by atoms with E-state index < -0.39 is 26.2 Å². The van der Waals surface area contributed by atoms with Crippen molar-refractivity contribution in [1.82, 2.24) is 5.32 Å². The first-order chi connectivity index (χ1) is 8.27. The van der Waals surface area contributed by atoms with Gasteiger partial charge in [0.25, 0.3) is 0 Å². The van der Waals surface area contributed by atoms with Gasteiger partial charge in [-0.3, -0.25) is 4.79 Å². The predicted octanol–water partition coefficient (Wildman–Crippen LogP) is 0.832. The summed E-state index contributed by atoms with van der Waals surface area (Å²) < 4.78 is 24.2. The van der Waals surface area contributed by atoms with Crippen LogP contribution in [0.2, 0.25) is 0 Å². The third kappa shape index (κ3) is 4.94. The molecule has 0 fully saturated rings. The number of carbonyl (C=O) groups excluding carboxylic acids is 1. The third-order valence-electron chi connectivity index (χ3n) is 3.11. The third-order valence-corrected chi connectivity index (χ3v) is 5.66. The number of amides is 1. The maximum absolute atomic E-state index is 12.1. The molecule has 0 heterocycles. The molecule has 0 spiro atoms. The topological polar surface area (TPSA) is 89.3 Å². The Balaban J connectivity index is 4.62. The van der Waals surface area contributed by atoms with E-state index >= 15 is 0 Å². The number of hydrogen-bond donors (Lipinski definition) is 2. The molecule has 0 bridgehead atoms. The fraction of sp³-hybridized carbons (Fsp3) is 0.917. The first-order valence-electron chi connectivity index (χ1n) is 6.50. The highest BCUT2D eigenvalue weighted by molar-refractivity contribution is 7.93. The van der Waals surface area contributed by atoms with Crippen LogP contribution in [0.4, 0.5) is 0 Å². The Bertz CT molecular complexity index is 354. The van der Waals surface area contributed by atoms with Crippen molar-refractivity contribution in [3.8, 4) is 0 Å². The normalized spacial score (nSPS) is 16.9. The van der Waals surface area contributed by atoms with Crippen molar-refractivity contribution in [1.29, 1.82) is 0 Å². The van der Waals surface area contributed by atoms with Crippen molar-refractivity contribution in [2.45, 2.75) is 63.5 Å². The molecular formula is C12H26N2O3S. The summed E-state index contributed by atoms with van der Waals surface area (Å²) in [5.74, 6) is -0.417. The molecule has 0 radical (unpaired) electrons. The Morgan fingerprint density at radius 1 is 1.22 bits per heavy atom. The van der Waals surface area contributed by atoms with E-state index in [2.05, 4.69) is 5.32 Å². The Labute approximate surface area is 110 Å². The Hall–Kier alpha value is -0.620. The SMILES string of the molecule is CCCC(C)NC(=O)C(C)S(=O)(=O)C(C)CCN. The van der Waals surface area contributed by atoms with Crippen molar-refractivity contribution in [3.05, 3.63) is 0 Å². The number of nitrogens with two attached hydrogens (primary N) is 1. The summed E-state index contributed by atoms with van der Waals surface area (Å²) in [4.78, 5) is 11.9. The van der Waals surface area contributed by atoms with E-state index in [1.807, 2.05) is 13.8 Å². The fourth-order valence-electron chi connectivity index (χ4n) is 1.76. The number of carbonyl (C=O) groups is 1. The summed E-state index contributed by atoms with van der Waals surface area (Å²) in [6, 6.07) is 0.00460. The molecule has 0 saturated carbocycles. The van der Waals surface area contributed by atoms with E-state index in [0.717, 1.165) is 12.8 Å². The maximum Gasteiger partial charge on any atom is 0.238 e. The van der Waals surface area contributed by atoms with Gasteiger partial charge in [0.2, 0.25) is 5.91 Å². The van der Waals surface area contributed by atoms with Crippen LogP contribution >= 0.6 is 0 Å². The van der Waals surface area contributed by atoms with Crippen molar-refractivity contribution in [2.75, 3.05) is 6.54 Å². The van der Waals surface area contributed by atoms with Crippen molar-refractivity contribution >= 4 is 15.7 Å². The molecule has 0 aliphatic rings. The van der Waals surface area contributed by atoms with Gasteiger partial charge in [-0.05, 0) is 40.2 Å². The summed E-state index contributed by atoms with van der Waals surface area (Å²) in [5.41, 5.74) is 5.36. The maximum atomic E-state index is 12.1. The van der Waals surface area contributed by atoms with Crippen molar-refractivity contribution in [2.24, 2.45) is 5.73 Å². The first kappa shape index (κ1) is 17.4. The van der Waals surface area contributed by atoms with Crippen LogP contribution in [0.15, 0.2) is 0 Å². The number of nitrogens with one attached hydrogen (secondary N) is 1. The summed E-state index contributed by atoms with van der Waals surface area (Å²) in [7, 11) is -3.45. The van der Waals surface area contributed by atoms with Crippen LogP contribution in [-0.2, 0) is 14.6 Å². The number of rotatable bonds is 8. The lowest BCUT2D eigenvalue weighted by Crippen LogP contribution is -2.44. The van der Waals surface area contributed by atoms with Gasteiger partial charge in [-0.1, -0.05) is 13.3 Å². The molecule has 0 aromatic heterocycles. The van der Waals surface area contributed by atoms with Gasteiger partial charge in [-0.2, -0.15) is 0 Å². The van der Waals surface area contributed by atoms with Gasteiger partial charge < -0.3 is 11.1 Å². The Morgan fingerprint density at radius 2 is 1.78 bits per heavy atom. The molecule has 0 aromatic rings. The van der Waals surface area contributed by atoms with Crippen molar-refractivity contribution in [3.63, 3.8) is 0 Å². The van der Waals surface area contributed by atoms with Crippen LogP contribution in [0.1, 0.15) is 47.0 Å². The van der Waals surface area contributed by atoms with Crippen LogP contribution in [0.25, 0.3) is 0 Å². The second-order valence-corrected chi connectivity index (χ2v) is 7.51. The fourth-order valence-corrected chi connectivity index (χ4v) is 3.29. The van der Waals surface area contributed by atoms with E-state index in [-0.39, 0.29) is 6.04 Å². The van der Waals surface area contributed by atoms with E-state index in [0.29, 0.717) is 13.0 Å². The number of hydrogen-bond acceptors (Lipinski definition) is 4.